The molecule has 0 N–H and O–H groups in total. The van der Waals surface area contributed by atoms with Gasteiger partial charge in [0.2, 0.25) is 0 Å². The maximum absolute atomic E-state index is 13.1. The Kier molecular flexibility index (Phi) is 2.38. The Balaban J connectivity index is 2.54. The lowest BCUT2D eigenvalue weighted by atomic mass is 10.1. The van der Waals surface area contributed by atoms with Crippen molar-refractivity contribution in [3.8, 4) is 11.8 Å². The van der Waals surface area contributed by atoms with E-state index in [-0.39, 0.29) is 5.02 Å². The Hall–Kier alpha value is -0.790. The second-order valence-corrected chi connectivity index (χ2v) is 4.07. The highest BCUT2D eigenvalue weighted by molar-refractivity contribution is 9.10. The summed E-state index contributed by atoms with van der Waals surface area (Å²) in [7, 11) is 0. The number of fused-ring (bicyclic) bond motifs is 1. The Morgan fingerprint density at radius 1 is 1.71 bits per heavy atom. The molecule has 1 aliphatic rings. The van der Waals surface area contributed by atoms with Crippen molar-refractivity contribution in [3.05, 3.63) is 26.9 Å². The summed E-state index contributed by atoms with van der Waals surface area (Å²) in [6.07, 6.45) is -0.106. The van der Waals surface area contributed by atoms with Gasteiger partial charge < -0.3 is 4.74 Å². The molecule has 0 amide bonds. The fraction of sp³-hybridized carbons (Fsp3) is 0.222. The van der Waals surface area contributed by atoms with Crippen LogP contribution in [-0.4, -0.2) is 6.10 Å². The number of rotatable bonds is 0. The van der Waals surface area contributed by atoms with Gasteiger partial charge in [-0.3, -0.25) is 0 Å². The molecule has 0 aliphatic carbocycles. The second-order valence-electron chi connectivity index (χ2n) is 2.90. The first kappa shape index (κ1) is 9.75. The van der Waals surface area contributed by atoms with E-state index in [1.165, 1.54) is 6.07 Å². The van der Waals surface area contributed by atoms with Crippen molar-refractivity contribution in [2.24, 2.45) is 0 Å². The van der Waals surface area contributed by atoms with Gasteiger partial charge in [-0.25, -0.2) is 4.39 Å². The number of hydrogen-bond acceptors (Lipinski definition) is 2. The van der Waals surface area contributed by atoms with Crippen molar-refractivity contribution in [3.63, 3.8) is 0 Å². The summed E-state index contributed by atoms with van der Waals surface area (Å²) in [5.74, 6) is -0.152. The van der Waals surface area contributed by atoms with Crippen molar-refractivity contribution < 1.29 is 9.13 Å². The minimum Gasteiger partial charge on any atom is -0.475 e. The van der Waals surface area contributed by atoms with Crippen LogP contribution in [0.5, 0.6) is 5.75 Å². The molecule has 1 aromatic rings. The minimum atomic E-state index is -0.545. The first-order valence-electron chi connectivity index (χ1n) is 3.86. The van der Waals surface area contributed by atoms with Gasteiger partial charge in [0.25, 0.3) is 0 Å². The van der Waals surface area contributed by atoms with Crippen molar-refractivity contribution in [1.29, 1.82) is 5.26 Å². The lowest BCUT2D eigenvalue weighted by molar-refractivity contribution is 0.289. The van der Waals surface area contributed by atoms with Gasteiger partial charge in [-0.15, -0.1) is 0 Å². The standard InChI is InChI=1S/C9H4BrClFNO/c10-8-5-1-4(3-13)14-7(5)2-6(12)9(8)11/h2,4H,1H2. The first-order chi connectivity index (χ1) is 6.63. The number of nitriles is 1. The molecule has 0 fully saturated rings. The van der Waals surface area contributed by atoms with Crippen molar-refractivity contribution in [1.82, 2.24) is 0 Å². The van der Waals surface area contributed by atoms with Gasteiger partial charge in [-0.05, 0) is 15.9 Å². The average Bonchev–Trinajstić information content (AvgIpc) is 2.57. The summed E-state index contributed by atoms with van der Waals surface area (Å²) in [5.41, 5.74) is 0.753. The van der Waals surface area contributed by atoms with E-state index >= 15 is 0 Å². The van der Waals surface area contributed by atoms with Crippen LogP contribution in [0.4, 0.5) is 4.39 Å². The number of nitrogens with zero attached hydrogens (tertiary/aromatic N) is 1. The summed E-state index contributed by atoms with van der Waals surface area (Å²) < 4.78 is 18.8. The first-order valence-corrected chi connectivity index (χ1v) is 5.03. The molecule has 1 aromatic carbocycles. The third kappa shape index (κ3) is 1.37. The fourth-order valence-corrected chi connectivity index (χ4v) is 2.07. The third-order valence-electron chi connectivity index (χ3n) is 2.03. The Labute approximate surface area is 93.4 Å². The zero-order valence-electron chi connectivity index (χ0n) is 6.85. The van der Waals surface area contributed by atoms with Crippen LogP contribution < -0.4 is 4.74 Å². The predicted octanol–water partition coefficient (Wildman–Crippen LogP) is 3.07. The smallest absolute Gasteiger partial charge is 0.188 e. The monoisotopic (exact) mass is 275 g/mol. The Bertz CT molecular complexity index is 443. The normalized spacial score (nSPS) is 18.6. The quantitative estimate of drug-likeness (QED) is 0.682. The van der Waals surface area contributed by atoms with Crippen molar-refractivity contribution >= 4 is 27.5 Å². The van der Waals surface area contributed by atoms with Crippen LogP contribution in [0.15, 0.2) is 10.5 Å². The van der Waals surface area contributed by atoms with Gasteiger partial charge in [-0.1, -0.05) is 11.6 Å². The van der Waals surface area contributed by atoms with Crippen molar-refractivity contribution in [2.75, 3.05) is 0 Å². The topological polar surface area (TPSA) is 33.0 Å². The Morgan fingerprint density at radius 2 is 2.43 bits per heavy atom. The molecule has 0 spiro atoms. The number of ether oxygens (including phenoxy) is 1. The number of benzene rings is 1. The number of halogens is 3. The molecule has 1 heterocycles. The largest absolute Gasteiger partial charge is 0.475 e. The summed E-state index contributed by atoms with van der Waals surface area (Å²) in [4.78, 5) is 0. The van der Waals surface area contributed by atoms with E-state index in [9.17, 15) is 4.39 Å². The minimum absolute atomic E-state index is 0.0333. The highest BCUT2D eigenvalue weighted by atomic mass is 79.9. The van der Waals surface area contributed by atoms with E-state index < -0.39 is 11.9 Å². The molecular weight excluding hydrogens is 272 g/mol. The van der Waals surface area contributed by atoms with E-state index in [4.69, 9.17) is 21.6 Å². The van der Waals surface area contributed by atoms with Crippen LogP contribution in [0, 0.1) is 17.1 Å². The highest BCUT2D eigenvalue weighted by Gasteiger charge is 2.27. The summed E-state index contributed by atoms with van der Waals surface area (Å²) in [6, 6.07) is 3.18. The van der Waals surface area contributed by atoms with Crippen LogP contribution in [0.1, 0.15) is 5.56 Å². The van der Waals surface area contributed by atoms with Gasteiger partial charge >= 0.3 is 0 Å². The van der Waals surface area contributed by atoms with Crippen LogP contribution in [-0.2, 0) is 6.42 Å². The van der Waals surface area contributed by atoms with E-state index in [0.717, 1.165) is 5.56 Å². The summed E-state index contributed by atoms with van der Waals surface area (Å²) in [5, 5.41) is 8.68. The van der Waals surface area contributed by atoms with Gasteiger partial charge in [0, 0.05) is 22.5 Å². The molecule has 72 valence electrons. The molecule has 1 unspecified atom stereocenters. The molecule has 2 rings (SSSR count). The molecular formula is C9H4BrClFNO. The highest BCUT2D eigenvalue weighted by Crippen LogP contribution is 2.40. The molecule has 0 bridgehead atoms. The Morgan fingerprint density at radius 3 is 3.07 bits per heavy atom. The zero-order valence-corrected chi connectivity index (χ0v) is 9.19. The maximum Gasteiger partial charge on any atom is 0.188 e. The SMILES string of the molecule is N#CC1Cc2c(cc(F)c(Cl)c2Br)O1. The van der Waals surface area contributed by atoms with Crippen LogP contribution >= 0.6 is 27.5 Å². The van der Waals surface area contributed by atoms with Gasteiger partial charge in [0.05, 0.1) is 5.02 Å². The van der Waals surface area contributed by atoms with Crippen molar-refractivity contribution in [2.45, 2.75) is 12.5 Å². The predicted molar refractivity (Wildman–Crippen MR) is 52.8 cm³/mol. The van der Waals surface area contributed by atoms with E-state index in [1.807, 2.05) is 6.07 Å². The molecule has 0 saturated heterocycles. The molecule has 5 heteroatoms. The van der Waals surface area contributed by atoms with Crippen LogP contribution in [0.3, 0.4) is 0 Å². The van der Waals surface area contributed by atoms with Crippen LogP contribution in [0.25, 0.3) is 0 Å². The lowest BCUT2D eigenvalue weighted by Gasteiger charge is -2.03. The molecule has 0 aromatic heterocycles. The average molecular weight is 276 g/mol. The fourth-order valence-electron chi connectivity index (χ4n) is 1.36. The maximum atomic E-state index is 13.1. The number of hydrogen-bond donors (Lipinski definition) is 0. The third-order valence-corrected chi connectivity index (χ3v) is 3.50. The van der Waals surface area contributed by atoms with Crippen LogP contribution in [0.2, 0.25) is 5.02 Å². The molecule has 1 aliphatic heterocycles. The van der Waals surface area contributed by atoms with Gasteiger partial charge in [0.1, 0.15) is 17.6 Å². The zero-order chi connectivity index (χ0) is 10.3. The second kappa shape index (κ2) is 3.41. The van der Waals surface area contributed by atoms with Gasteiger partial charge in [-0.2, -0.15) is 5.26 Å². The molecule has 1 atom stereocenters. The summed E-state index contributed by atoms with van der Waals surface area (Å²) >= 11 is 8.87. The summed E-state index contributed by atoms with van der Waals surface area (Å²) in [6.45, 7) is 0. The molecule has 14 heavy (non-hydrogen) atoms. The van der Waals surface area contributed by atoms with Gasteiger partial charge in [0.15, 0.2) is 6.10 Å². The van der Waals surface area contributed by atoms with E-state index in [2.05, 4.69) is 15.9 Å². The lowest BCUT2D eigenvalue weighted by Crippen LogP contribution is -2.08. The van der Waals surface area contributed by atoms with E-state index in [1.54, 1.807) is 0 Å². The molecule has 2 nitrogen and oxygen atoms in total. The van der Waals surface area contributed by atoms with E-state index in [0.29, 0.717) is 16.6 Å². The molecule has 0 saturated carbocycles. The molecule has 0 radical (unpaired) electrons.